The van der Waals surface area contributed by atoms with Crippen LogP contribution in [0.15, 0.2) is 24.3 Å². The van der Waals surface area contributed by atoms with Crippen molar-refractivity contribution in [2.45, 2.75) is 32.8 Å². The van der Waals surface area contributed by atoms with E-state index < -0.39 is 11.9 Å². The van der Waals surface area contributed by atoms with E-state index in [2.05, 4.69) is 5.32 Å². The number of hydrogen-bond donors (Lipinski definition) is 2. The monoisotopic (exact) mass is 306 g/mol. The van der Waals surface area contributed by atoms with Gasteiger partial charge in [0.15, 0.2) is 0 Å². The molecule has 6 heteroatoms. The van der Waals surface area contributed by atoms with E-state index in [1.807, 2.05) is 26.0 Å². The van der Waals surface area contributed by atoms with Crippen LogP contribution in [0.3, 0.4) is 0 Å². The quantitative estimate of drug-likeness (QED) is 0.896. The molecule has 1 aliphatic heterocycles. The highest BCUT2D eigenvalue weighted by atomic mass is 16.5. The van der Waals surface area contributed by atoms with Crippen LogP contribution in [0.5, 0.6) is 5.75 Å². The first-order valence-corrected chi connectivity index (χ1v) is 7.51. The van der Waals surface area contributed by atoms with Gasteiger partial charge in [0.1, 0.15) is 5.75 Å². The summed E-state index contributed by atoms with van der Waals surface area (Å²) in [7, 11) is 0. The third-order valence-electron chi connectivity index (χ3n) is 3.51. The molecule has 0 radical (unpaired) electrons. The largest absolute Gasteiger partial charge is 0.491 e. The van der Waals surface area contributed by atoms with Gasteiger partial charge >= 0.3 is 12.0 Å². The molecule has 1 heterocycles. The number of urea groups is 1. The Morgan fingerprint density at radius 2 is 2.18 bits per heavy atom. The van der Waals surface area contributed by atoms with Crippen LogP contribution >= 0.6 is 0 Å². The van der Waals surface area contributed by atoms with Crippen molar-refractivity contribution in [1.29, 1.82) is 0 Å². The summed E-state index contributed by atoms with van der Waals surface area (Å²) in [6.45, 7) is 4.71. The topological polar surface area (TPSA) is 78.9 Å². The van der Waals surface area contributed by atoms with E-state index in [9.17, 15) is 9.59 Å². The van der Waals surface area contributed by atoms with E-state index in [0.29, 0.717) is 30.8 Å². The molecule has 1 unspecified atom stereocenters. The fourth-order valence-corrected chi connectivity index (χ4v) is 2.49. The minimum absolute atomic E-state index is 0.0596. The maximum Gasteiger partial charge on any atom is 0.321 e. The Labute approximate surface area is 130 Å². The van der Waals surface area contributed by atoms with E-state index in [-0.39, 0.29) is 18.7 Å². The number of anilines is 1. The van der Waals surface area contributed by atoms with Gasteiger partial charge in [-0.2, -0.15) is 0 Å². The summed E-state index contributed by atoms with van der Waals surface area (Å²) in [5.74, 6) is -0.630. The average molecular weight is 306 g/mol. The van der Waals surface area contributed by atoms with E-state index in [4.69, 9.17) is 9.84 Å². The highest BCUT2D eigenvalue weighted by molar-refractivity contribution is 5.90. The molecule has 2 amide bonds. The molecule has 1 atom stereocenters. The zero-order valence-electron chi connectivity index (χ0n) is 12.9. The molecule has 120 valence electrons. The number of hydrogen-bond acceptors (Lipinski definition) is 3. The maximum absolute atomic E-state index is 12.3. The first-order chi connectivity index (χ1) is 10.5. The van der Waals surface area contributed by atoms with Crippen LogP contribution in [0.25, 0.3) is 0 Å². The molecule has 0 bridgehead atoms. The molecule has 22 heavy (non-hydrogen) atoms. The second kappa shape index (κ2) is 7.15. The lowest BCUT2D eigenvalue weighted by Gasteiger charge is -2.30. The highest BCUT2D eigenvalue weighted by Gasteiger charge is 2.28. The van der Waals surface area contributed by atoms with Gasteiger partial charge < -0.3 is 20.1 Å². The molecular formula is C16H22N2O4. The Hall–Kier alpha value is -2.24. The van der Waals surface area contributed by atoms with Crippen LogP contribution < -0.4 is 10.1 Å². The minimum Gasteiger partial charge on any atom is -0.491 e. The van der Waals surface area contributed by atoms with Crippen molar-refractivity contribution in [3.05, 3.63) is 24.3 Å². The zero-order chi connectivity index (χ0) is 16.1. The van der Waals surface area contributed by atoms with Gasteiger partial charge in [0, 0.05) is 24.8 Å². The molecule has 1 saturated heterocycles. The number of piperidine rings is 1. The highest BCUT2D eigenvalue weighted by Crippen LogP contribution is 2.21. The van der Waals surface area contributed by atoms with Crippen molar-refractivity contribution in [1.82, 2.24) is 4.90 Å². The number of carbonyl (C=O) groups excluding carboxylic acids is 1. The number of aliphatic carboxylic acids is 1. The summed E-state index contributed by atoms with van der Waals surface area (Å²) in [6, 6.07) is 6.91. The lowest BCUT2D eigenvalue weighted by atomic mass is 9.99. The number of carboxylic acid groups (broad SMARTS) is 1. The van der Waals surface area contributed by atoms with E-state index in [1.165, 1.54) is 0 Å². The van der Waals surface area contributed by atoms with Gasteiger partial charge in [-0.3, -0.25) is 4.79 Å². The number of carbonyl (C=O) groups is 2. The van der Waals surface area contributed by atoms with Crippen molar-refractivity contribution >= 4 is 17.7 Å². The van der Waals surface area contributed by atoms with Crippen LogP contribution in [0, 0.1) is 5.92 Å². The van der Waals surface area contributed by atoms with Gasteiger partial charge in [0.2, 0.25) is 0 Å². The lowest BCUT2D eigenvalue weighted by Crippen LogP contribution is -2.44. The average Bonchev–Trinajstić information content (AvgIpc) is 2.47. The van der Waals surface area contributed by atoms with Crippen LogP contribution in [-0.2, 0) is 4.79 Å². The summed E-state index contributed by atoms with van der Waals surface area (Å²) in [5.41, 5.74) is 0.639. The number of ether oxygens (including phenoxy) is 1. The van der Waals surface area contributed by atoms with Crippen LogP contribution in [0.2, 0.25) is 0 Å². The summed E-state index contributed by atoms with van der Waals surface area (Å²) in [4.78, 5) is 24.9. The Morgan fingerprint density at radius 1 is 1.41 bits per heavy atom. The number of nitrogens with zero attached hydrogens (tertiary/aromatic N) is 1. The molecule has 2 N–H and O–H groups in total. The van der Waals surface area contributed by atoms with Crippen LogP contribution in [0.1, 0.15) is 26.7 Å². The number of benzene rings is 1. The number of rotatable bonds is 4. The molecule has 6 nitrogen and oxygen atoms in total. The molecule has 1 aliphatic rings. The summed E-state index contributed by atoms with van der Waals surface area (Å²) >= 11 is 0. The van der Waals surface area contributed by atoms with Gasteiger partial charge in [-0.05, 0) is 38.8 Å². The molecule has 0 aliphatic carbocycles. The van der Waals surface area contributed by atoms with Crippen LogP contribution in [0.4, 0.5) is 10.5 Å². The van der Waals surface area contributed by atoms with Crippen molar-refractivity contribution in [3.8, 4) is 5.75 Å². The van der Waals surface area contributed by atoms with E-state index >= 15 is 0 Å². The first-order valence-electron chi connectivity index (χ1n) is 7.51. The standard InChI is InChI=1S/C16H22N2O4/c1-11(2)22-14-7-3-6-13(9-14)17-16(21)18-8-4-5-12(10-18)15(19)20/h3,6-7,9,11-12H,4-5,8,10H2,1-2H3,(H,17,21)(H,19,20). The summed E-state index contributed by atoms with van der Waals surface area (Å²) < 4.78 is 5.59. The number of amides is 2. The Kier molecular flexibility index (Phi) is 5.25. The Bertz CT molecular complexity index is 545. The van der Waals surface area contributed by atoms with Crippen LogP contribution in [-0.4, -0.2) is 41.2 Å². The number of likely N-dealkylation sites (tertiary alicyclic amines) is 1. The Morgan fingerprint density at radius 3 is 2.86 bits per heavy atom. The molecule has 0 spiro atoms. The maximum atomic E-state index is 12.3. The molecule has 0 aromatic heterocycles. The second-order valence-corrected chi connectivity index (χ2v) is 5.75. The zero-order valence-corrected chi connectivity index (χ0v) is 12.9. The molecule has 1 fully saturated rings. The molecular weight excluding hydrogens is 284 g/mol. The smallest absolute Gasteiger partial charge is 0.321 e. The molecule has 0 saturated carbocycles. The van der Waals surface area contributed by atoms with Gasteiger partial charge in [-0.15, -0.1) is 0 Å². The third-order valence-corrected chi connectivity index (χ3v) is 3.51. The molecule has 1 aromatic carbocycles. The van der Waals surface area contributed by atoms with Gasteiger partial charge in [-0.1, -0.05) is 6.07 Å². The predicted molar refractivity (Wildman–Crippen MR) is 83.2 cm³/mol. The number of nitrogens with one attached hydrogen (secondary N) is 1. The SMILES string of the molecule is CC(C)Oc1cccc(NC(=O)N2CCCC(C(=O)O)C2)c1. The van der Waals surface area contributed by atoms with Crippen molar-refractivity contribution in [3.63, 3.8) is 0 Å². The summed E-state index contributed by atoms with van der Waals surface area (Å²) in [6.07, 6.45) is 1.39. The van der Waals surface area contributed by atoms with E-state index in [0.717, 1.165) is 0 Å². The van der Waals surface area contributed by atoms with Gasteiger partial charge in [0.25, 0.3) is 0 Å². The van der Waals surface area contributed by atoms with Crippen molar-refractivity contribution in [2.24, 2.45) is 5.92 Å². The Balaban J connectivity index is 1.98. The van der Waals surface area contributed by atoms with E-state index in [1.54, 1.807) is 17.0 Å². The fourth-order valence-electron chi connectivity index (χ4n) is 2.49. The third kappa shape index (κ3) is 4.38. The normalized spacial score (nSPS) is 18.1. The van der Waals surface area contributed by atoms with Gasteiger partial charge in [0.05, 0.1) is 12.0 Å². The fraction of sp³-hybridized carbons (Fsp3) is 0.500. The van der Waals surface area contributed by atoms with Gasteiger partial charge in [-0.25, -0.2) is 4.79 Å². The number of carboxylic acids is 1. The summed E-state index contributed by atoms with van der Waals surface area (Å²) in [5, 5.41) is 11.9. The molecule has 1 aromatic rings. The second-order valence-electron chi connectivity index (χ2n) is 5.75. The van der Waals surface area contributed by atoms with Crippen molar-refractivity contribution in [2.75, 3.05) is 18.4 Å². The van der Waals surface area contributed by atoms with Crippen molar-refractivity contribution < 1.29 is 19.4 Å². The minimum atomic E-state index is -0.843. The molecule has 2 rings (SSSR count). The first kappa shape index (κ1) is 16.1. The lowest BCUT2D eigenvalue weighted by molar-refractivity contribution is -0.143. The predicted octanol–water partition coefficient (Wildman–Crippen LogP) is 2.80.